The van der Waals surface area contributed by atoms with Gasteiger partial charge in [-0.1, -0.05) is 6.58 Å². The van der Waals surface area contributed by atoms with Gasteiger partial charge in [-0.2, -0.15) is 0 Å². The first-order chi connectivity index (χ1) is 10.9. The maximum atomic E-state index is 13.3. The molecule has 2 rings (SSSR count). The minimum absolute atomic E-state index is 0.0602. The Bertz CT molecular complexity index is 585. The molecule has 0 heterocycles. The highest BCUT2D eigenvalue weighted by Gasteiger charge is 2.36. The van der Waals surface area contributed by atoms with Crippen molar-refractivity contribution in [3.05, 3.63) is 42.5 Å². The molecular formula is C17H20F2N2O2. The summed E-state index contributed by atoms with van der Waals surface area (Å²) in [6.45, 7) is 3.61. The van der Waals surface area contributed by atoms with E-state index in [9.17, 15) is 18.4 Å². The minimum Gasteiger partial charge on any atom is -0.352 e. The summed E-state index contributed by atoms with van der Waals surface area (Å²) in [6.07, 6.45) is 2.13. The Hall–Kier alpha value is -2.24. The molecule has 0 aliphatic heterocycles. The third-order valence-electron chi connectivity index (χ3n) is 3.89. The zero-order valence-corrected chi connectivity index (χ0v) is 12.8. The van der Waals surface area contributed by atoms with E-state index in [-0.39, 0.29) is 37.1 Å². The van der Waals surface area contributed by atoms with Crippen LogP contribution in [0.4, 0.5) is 14.5 Å². The predicted molar refractivity (Wildman–Crippen MR) is 84.5 cm³/mol. The highest BCUT2D eigenvalue weighted by molar-refractivity contribution is 5.99. The topological polar surface area (TPSA) is 58.2 Å². The van der Waals surface area contributed by atoms with Crippen molar-refractivity contribution in [3.8, 4) is 0 Å². The van der Waals surface area contributed by atoms with Gasteiger partial charge in [0.1, 0.15) is 0 Å². The number of amides is 2. The van der Waals surface area contributed by atoms with Gasteiger partial charge in [0.2, 0.25) is 11.8 Å². The molecule has 0 saturated heterocycles. The second-order valence-corrected chi connectivity index (χ2v) is 5.80. The number of benzene rings is 1. The van der Waals surface area contributed by atoms with E-state index in [1.807, 2.05) is 0 Å². The van der Waals surface area contributed by atoms with E-state index in [0.29, 0.717) is 24.1 Å². The van der Waals surface area contributed by atoms with E-state index in [1.165, 1.54) is 0 Å². The lowest BCUT2D eigenvalue weighted by Gasteiger charge is -2.28. The van der Waals surface area contributed by atoms with E-state index in [4.69, 9.17) is 0 Å². The van der Waals surface area contributed by atoms with Crippen LogP contribution in [-0.4, -0.2) is 24.3 Å². The summed E-state index contributed by atoms with van der Waals surface area (Å²) in [6, 6.07) is 6.35. The number of nitrogens with one attached hydrogen (secondary N) is 2. The van der Waals surface area contributed by atoms with Crippen molar-refractivity contribution in [1.82, 2.24) is 5.32 Å². The first-order valence-corrected chi connectivity index (χ1v) is 7.59. The number of carbonyl (C=O) groups is 2. The summed E-state index contributed by atoms with van der Waals surface area (Å²) in [4.78, 5) is 23.2. The van der Waals surface area contributed by atoms with Gasteiger partial charge in [-0.3, -0.25) is 9.59 Å². The predicted octanol–water partition coefficient (Wildman–Crippen LogP) is 3.37. The zero-order chi connectivity index (χ0) is 16.9. The van der Waals surface area contributed by atoms with E-state index >= 15 is 0 Å². The minimum atomic E-state index is -2.61. The molecule has 1 aromatic rings. The third kappa shape index (κ3) is 5.16. The van der Waals surface area contributed by atoms with Crippen LogP contribution in [0.1, 0.15) is 36.0 Å². The fourth-order valence-electron chi connectivity index (χ4n) is 2.69. The van der Waals surface area contributed by atoms with Crippen LogP contribution >= 0.6 is 0 Å². The summed E-state index contributed by atoms with van der Waals surface area (Å²) in [5.41, 5.74) is 0.975. The van der Waals surface area contributed by atoms with Crippen molar-refractivity contribution in [2.75, 3.05) is 11.9 Å². The van der Waals surface area contributed by atoms with Gasteiger partial charge in [-0.05, 0) is 49.1 Å². The number of carbonyl (C=O) groups excluding carboxylic acids is 2. The van der Waals surface area contributed by atoms with Crippen LogP contribution in [0.2, 0.25) is 0 Å². The lowest BCUT2D eigenvalue weighted by molar-refractivity contribution is -0.111. The molecule has 1 aromatic carbocycles. The molecule has 1 saturated carbocycles. The molecule has 2 N–H and O–H groups in total. The van der Waals surface area contributed by atoms with Crippen molar-refractivity contribution in [2.24, 2.45) is 5.92 Å². The highest BCUT2D eigenvalue weighted by atomic mass is 19.3. The Balaban J connectivity index is 1.86. The quantitative estimate of drug-likeness (QED) is 0.817. The molecule has 1 aliphatic carbocycles. The number of halogens is 2. The fraction of sp³-hybridized carbons (Fsp3) is 0.412. The average Bonchev–Trinajstić information content (AvgIpc) is 2.52. The Morgan fingerprint density at radius 2 is 2.00 bits per heavy atom. The van der Waals surface area contributed by atoms with E-state index in [2.05, 4.69) is 17.2 Å². The van der Waals surface area contributed by atoms with Gasteiger partial charge in [0, 0.05) is 30.6 Å². The molecule has 23 heavy (non-hydrogen) atoms. The van der Waals surface area contributed by atoms with Crippen LogP contribution in [0.3, 0.4) is 0 Å². The molecule has 0 aromatic heterocycles. The van der Waals surface area contributed by atoms with Crippen LogP contribution < -0.4 is 10.6 Å². The standard InChI is InChI=1S/C17H20F2N2O2/c1-2-15(22)21-14-7-5-13(6-8-14)16(23)20-11-12-4-3-9-17(18,19)10-12/h2,5-8,12H,1,3-4,9-11H2,(H,20,23)(H,21,22). The monoisotopic (exact) mass is 322 g/mol. The summed E-state index contributed by atoms with van der Waals surface area (Å²) in [5.74, 6) is -3.44. The molecule has 2 amide bonds. The zero-order valence-electron chi connectivity index (χ0n) is 12.8. The summed E-state index contributed by atoms with van der Waals surface area (Å²) < 4.78 is 26.7. The van der Waals surface area contributed by atoms with Gasteiger partial charge >= 0.3 is 0 Å². The van der Waals surface area contributed by atoms with Crippen LogP contribution in [0.15, 0.2) is 36.9 Å². The fourth-order valence-corrected chi connectivity index (χ4v) is 2.69. The van der Waals surface area contributed by atoms with Gasteiger partial charge in [0.15, 0.2) is 0 Å². The van der Waals surface area contributed by atoms with Crippen molar-refractivity contribution < 1.29 is 18.4 Å². The second kappa shape index (κ2) is 7.35. The van der Waals surface area contributed by atoms with E-state index < -0.39 is 5.92 Å². The highest BCUT2D eigenvalue weighted by Crippen LogP contribution is 2.36. The first-order valence-electron chi connectivity index (χ1n) is 7.59. The maximum Gasteiger partial charge on any atom is 0.251 e. The smallest absolute Gasteiger partial charge is 0.251 e. The molecule has 6 heteroatoms. The molecule has 0 radical (unpaired) electrons. The van der Waals surface area contributed by atoms with Gasteiger partial charge in [-0.25, -0.2) is 8.78 Å². The molecule has 1 unspecified atom stereocenters. The molecular weight excluding hydrogens is 302 g/mol. The van der Waals surface area contributed by atoms with Crippen LogP contribution in [0.5, 0.6) is 0 Å². The second-order valence-electron chi connectivity index (χ2n) is 5.80. The Kier molecular flexibility index (Phi) is 5.47. The van der Waals surface area contributed by atoms with Crippen molar-refractivity contribution >= 4 is 17.5 Å². The SMILES string of the molecule is C=CC(=O)Nc1ccc(C(=O)NCC2CCCC(F)(F)C2)cc1. The number of anilines is 1. The largest absolute Gasteiger partial charge is 0.352 e. The van der Waals surface area contributed by atoms with Gasteiger partial charge in [0.25, 0.3) is 5.91 Å². The molecule has 1 aliphatic rings. The number of alkyl halides is 2. The lowest BCUT2D eigenvalue weighted by Crippen LogP contribution is -2.35. The van der Waals surface area contributed by atoms with Gasteiger partial charge in [-0.15, -0.1) is 0 Å². The molecule has 1 fully saturated rings. The van der Waals surface area contributed by atoms with Crippen LogP contribution in [0, 0.1) is 5.92 Å². The summed E-state index contributed by atoms with van der Waals surface area (Å²) >= 11 is 0. The van der Waals surface area contributed by atoms with Crippen LogP contribution in [-0.2, 0) is 4.79 Å². The first kappa shape index (κ1) is 17.1. The average molecular weight is 322 g/mol. The van der Waals surface area contributed by atoms with E-state index in [1.54, 1.807) is 24.3 Å². The lowest BCUT2D eigenvalue weighted by atomic mass is 9.86. The maximum absolute atomic E-state index is 13.3. The van der Waals surface area contributed by atoms with Crippen molar-refractivity contribution in [2.45, 2.75) is 31.6 Å². The molecule has 124 valence electrons. The Morgan fingerprint density at radius 1 is 1.30 bits per heavy atom. The third-order valence-corrected chi connectivity index (χ3v) is 3.89. The van der Waals surface area contributed by atoms with E-state index in [0.717, 1.165) is 6.08 Å². The van der Waals surface area contributed by atoms with Crippen LogP contribution in [0.25, 0.3) is 0 Å². The van der Waals surface area contributed by atoms with Gasteiger partial charge in [0.05, 0.1) is 0 Å². The molecule has 0 spiro atoms. The number of hydrogen-bond acceptors (Lipinski definition) is 2. The summed E-state index contributed by atoms with van der Waals surface area (Å²) in [5, 5.41) is 5.28. The number of hydrogen-bond donors (Lipinski definition) is 2. The Morgan fingerprint density at radius 3 is 2.61 bits per heavy atom. The number of rotatable bonds is 5. The molecule has 0 bridgehead atoms. The van der Waals surface area contributed by atoms with Gasteiger partial charge < -0.3 is 10.6 Å². The Labute approximate surface area is 134 Å². The summed E-state index contributed by atoms with van der Waals surface area (Å²) in [7, 11) is 0. The van der Waals surface area contributed by atoms with Crippen molar-refractivity contribution in [1.29, 1.82) is 0 Å². The van der Waals surface area contributed by atoms with Crippen molar-refractivity contribution in [3.63, 3.8) is 0 Å². The normalized spacial score (nSPS) is 19.7. The molecule has 1 atom stereocenters. The molecule has 4 nitrogen and oxygen atoms in total.